The maximum atomic E-state index is 11.9. The van der Waals surface area contributed by atoms with Gasteiger partial charge in [-0.25, -0.2) is 9.98 Å². The minimum Gasteiger partial charge on any atom is -0.363 e. The molecule has 0 aromatic carbocycles. The highest BCUT2D eigenvalue weighted by molar-refractivity contribution is 14.0. The number of pyridine rings is 1. The maximum absolute atomic E-state index is 11.9. The van der Waals surface area contributed by atoms with Gasteiger partial charge in [-0.05, 0) is 45.4 Å². The normalized spacial score (nSPS) is 11.4. The van der Waals surface area contributed by atoms with Crippen molar-refractivity contribution in [3.63, 3.8) is 0 Å². The van der Waals surface area contributed by atoms with Crippen LogP contribution >= 0.6 is 24.0 Å². The number of hydrogen-bond donors (Lipinski definition) is 3. The summed E-state index contributed by atoms with van der Waals surface area (Å²) in [6, 6.07) is 3.94. The number of nitrogens with zero attached hydrogens (tertiary/aromatic N) is 3. The number of carbonyl (C=O) groups is 1. The summed E-state index contributed by atoms with van der Waals surface area (Å²) in [7, 11) is 3.91. The van der Waals surface area contributed by atoms with Crippen molar-refractivity contribution in [3.8, 4) is 0 Å². The molecule has 1 rings (SSSR count). The van der Waals surface area contributed by atoms with E-state index in [1.165, 1.54) is 0 Å². The van der Waals surface area contributed by atoms with Crippen molar-refractivity contribution in [2.75, 3.05) is 32.1 Å². The summed E-state index contributed by atoms with van der Waals surface area (Å²) < 4.78 is 0. The highest BCUT2D eigenvalue weighted by Gasteiger charge is 2.13. The Hall–Kier alpha value is -1.58. The number of halogens is 1. The van der Waals surface area contributed by atoms with Crippen LogP contribution in [0, 0.1) is 0 Å². The first-order valence-electron chi connectivity index (χ1n) is 8.16. The van der Waals surface area contributed by atoms with Gasteiger partial charge in [0.05, 0.1) is 13.1 Å². The second kappa shape index (κ2) is 11.1. The average molecular weight is 462 g/mol. The summed E-state index contributed by atoms with van der Waals surface area (Å²) >= 11 is 0. The molecule has 1 aromatic heterocycles. The van der Waals surface area contributed by atoms with Gasteiger partial charge in [0.25, 0.3) is 0 Å². The second-order valence-corrected chi connectivity index (χ2v) is 6.76. The lowest BCUT2D eigenvalue weighted by atomic mass is 10.1. The molecular weight excluding hydrogens is 431 g/mol. The molecule has 7 nitrogen and oxygen atoms in total. The van der Waals surface area contributed by atoms with E-state index in [4.69, 9.17) is 0 Å². The minimum atomic E-state index is -0.242. The second-order valence-electron chi connectivity index (χ2n) is 6.76. The molecule has 0 saturated heterocycles. The van der Waals surface area contributed by atoms with Crippen molar-refractivity contribution in [1.82, 2.24) is 20.9 Å². The first kappa shape index (κ1) is 23.4. The molecule has 0 bridgehead atoms. The van der Waals surface area contributed by atoms with Gasteiger partial charge in [-0.15, -0.1) is 24.0 Å². The van der Waals surface area contributed by atoms with E-state index < -0.39 is 0 Å². The molecule has 142 valence electrons. The third kappa shape index (κ3) is 10.1. The predicted octanol–water partition coefficient (Wildman–Crippen LogP) is 1.74. The number of aliphatic imine (C=N–C) groups is 1. The summed E-state index contributed by atoms with van der Waals surface area (Å²) in [5.41, 5.74) is 0.818. The first-order chi connectivity index (χ1) is 11.2. The standard InChI is InChI=1S/C17H30N6O.HI/c1-7-18-16(21-12-15(24)22-17(2,3)4)20-11-13-8-9-19-14(10-13)23(5)6;/h8-10H,7,11-12H2,1-6H3,(H,22,24)(H2,18,20,21);1H. The van der Waals surface area contributed by atoms with Crippen molar-refractivity contribution >= 4 is 41.7 Å². The monoisotopic (exact) mass is 462 g/mol. The van der Waals surface area contributed by atoms with Crippen LogP contribution in [0.5, 0.6) is 0 Å². The largest absolute Gasteiger partial charge is 0.363 e. The Bertz CT molecular complexity index is 569. The number of hydrogen-bond acceptors (Lipinski definition) is 4. The van der Waals surface area contributed by atoms with Crippen LogP contribution in [0.15, 0.2) is 23.3 Å². The van der Waals surface area contributed by atoms with Gasteiger partial charge in [0.2, 0.25) is 5.91 Å². The molecule has 0 aliphatic rings. The van der Waals surface area contributed by atoms with Crippen LogP contribution in [-0.4, -0.2) is 49.6 Å². The van der Waals surface area contributed by atoms with Crippen LogP contribution in [0.3, 0.4) is 0 Å². The van der Waals surface area contributed by atoms with Crippen LogP contribution in [0.25, 0.3) is 0 Å². The molecule has 1 amide bonds. The highest BCUT2D eigenvalue weighted by atomic mass is 127. The van der Waals surface area contributed by atoms with E-state index >= 15 is 0 Å². The van der Waals surface area contributed by atoms with Gasteiger partial charge in [-0.1, -0.05) is 0 Å². The molecule has 1 aromatic rings. The van der Waals surface area contributed by atoms with E-state index in [2.05, 4.69) is 25.9 Å². The third-order valence-electron chi connectivity index (χ3n) is 2.96. The summed E-state index contributed by atoms with van der Waals surface area (Å²) in [5.74, 6) is 1.45. The predicted molar refractivity (Wildman–Crippen MR) is 115 cm³/mol. The third-order valence-corrected chi connectivity index (χ3v) is 2.96. The highest BCUT2D eigenvalue weighted by Crippen LogP contribution is 2.10. The topological polar surface area (TPSA) is 81.7 Å². The number of nitrogens with one attached hydrogen (secondary N) is 3. The molecule has 0 unspecified atom stereocenters. The lowest BCUT2D eigenvalue weighted by Gasteiger charge is -2.21. The van der Waals surface area contributed by atoms with E-state index in [-0.39, 0.29) is 42.0 Å². The molecule has 0 atom stereocenters. The Morgan fingerprint density at radius 3 is 2.52 bits per heavy atom. The SMILES string of the molecule is CCNC(=NCc1ccnc(N(C)C)c1)NCC(=O)NC(C)(C)C.I. The molecule has 0 fully saturated rings. The number of guanidine groups is 1. The summed E-state index contributed by atoms with van der Waals surface area (Å²) in [6.45, 7) is 9.28. The van der Waals surface area contributed by atoms with Crippen molar-refractivity contribution in [2.24, 2.45) is 4.99 Å². The Balaban J connectivity index is 0.00000576. The lowest BCUT2D eigenvalue weighted by molar-refractivity contribution is -0.121. The zero-order chi connectivity index (χ0) is 18.2. The molecule has 0 aliphatic carbocycles. The average Bonchev–Trinajstić information content (AvgIpc) is 2.48. The number of aromatic nitrogens is 1. The van der Waals surface area contributed by atoms with Crippen LogP contribution < -0.4 is 20.9 Å². The zero-order valence-corrected chi connectivity index (χ0v) is 18.3. The van der Waals surface area contributed by atoms with Crippen molar-refractivity contribution < 1.29 is 4.79 Å². The Labute approximate surface area is 168 Å². The van der Waals surface area contributed by atoms with Gasteiger partial charge in [0.15, 0.2) is 5.96 Å². The van der Waals surface area contributed by atoms with Crippen molar-refractivity contribution in [3.05, 3.63) is 23.9 Å². The van der Waals surface area contributed by atoms with E-state index in [1.807, 2.05) is 58.8 Å². The molecule has 0 aliphatic heterocycles. The van der Waals surface area contributed by atoms with E-state index in [9.17, 15) is 4.79 Å². The summed E-state index contributed by atoms with van der Waals surface area (Å²) in [5, 5.41) is 9.11. The molecule has 0 saturated carbocycles. The van der Waals surface area contributed by atoms with E-state index in [0.717, 1.165) is 17.9 Å². The quantitative estimate of drug-likeness (QED) is 0.341. The Morgan fingerprint density at radius 2 is 1.96 bits per heavy atom. The molecule has 1 heterocycles. The van der Waals surface area contributed by atoms with Gasteiger partial charge < -0.3 is 20.9 Å². The fraction of sp³-hybridized carbons (Fsp3) is 0.588. The summed E-state index contributed by atoms with van der Waals surface area (Å²) in [4.78, 5) is 22.7. The molecular formula is C17H31IN6O. The van der Waals surface area contributed by atoms with Gasteiger partial charge in [0, 0.05) is 32.4 Å². The van der Waals surface area contributed by atoms with Crippen LogP contribution in [-0.2, 0) is 11.3 Å². The van der Waals surface area contributed by atoms with Crippen LogP contribution in [0.4, 0.5) is 5.82 Å². The molecule has 0 radical (unpaired) electrons. The molecule has 8 heteroatoms. The molecule has 0 spiro atoms. The summed E-state index contributed by atoms with van der Waals surface area (Å²) in [6.07, 6.45) is 1.78. The smallest absolute Gasteiger partial charge is 0.239 e. The van der Waals surface area contributed by atoms with Crippen LogP contribution in [0.1, 0.15) is 33.3 Å². The number of carbonyl (C=O) groups excluding carboxylic acids is 1. The fourth-order valence-corrected chi connectivity index (χ4v) is 1.94. The maximum Gasteiger partial charge on any atom is 0.239 e. The van der Waals surface area contributed by atoms with Gasteiger partial charge >= 0.3 is 0 Å². The van der Waals surface area contributed by atoms with E-state index in [1.54, 1.807) is 6.20 Å². The lowest BCUT2D eigenvalue weighted by Crippen LogP contribution is -2.48. The van der Waals surface area contributed by atoms with Crippen molar-refractivity contribution in [2.45, 2.75) is 39.8 Å². The number of amides is 1. The first-order valence-corrected chi connectivity index (χ1v) is 8.16. The Kier molecular flexibility index (Phi) is 10.4. The van der Waals surface area contributed by atoms with Gasteiger partial charge in [-0.3, -0.25) is 4.79 Å². The van der Waals surface area contributed by atoms with Crippen molar-refractivity contribution in [1.29, 1.82) is 0 Å². The van der Waals surface area contributed by atoms with Gasteiger partial charge in [-0.2, -0.15) is 0 Å². The molecule has 25 heavy (non-hydrogen) atoms. The Morgan fingerprint density at radius 1 is 1.28 bits per heavy atom. The van der Waals surface area contributed by atoms with E-state index in [0.29, 0.717) is 12.5 Å². The van der Waals surface area contributed by atoms with Crippen LogP contribution in [0.2, 0.25) is 0 Å². The zero-order valence-electron chi connectivity index (χ0n) is 16.0. The fourth-order valence-electron chi connectivity index (χ4n) is 1.94. The number of anilines is 1. The van der Waals surface area contributed by atoms with Gasteiger partial charge in [0.1, 0.15) is 5.82 Å². The number of rotatable bonds is 6. The molecule has 3 N–H and O–H groups in total. The minimum absolute atomic E-state index is 0.